The Balaban J connectivity index is 4.11. The summed E-state index contributed by atoms with van der Waals surface area (Å²) in [5, 5.41) is 13.0. The van der Waals surface area contributed by atoms with E-state index in [0.717, 1.165) is 0 Å². The first-order chi connectivity index (χ1) is 7.01. The van der Waals surface area contributed by atoms with Crippen molar-refractivity contribution in [3.05, 3.63) is 0 Å². The van der Waals surface area contributed by atoms with Gasteiger partial charge in [-0.1, -0.05) is 0 Å². The summed E-state index contributed by atoms with van der Waals surface area (Å²) in [6.45, 7) is -0.775. The van der Waals surface area contributed by atoms with Gasteiger partial charge in [0.25, 0.3) is 0 Å². The molecule has 0 aliphatic heterocycles. The maximum atomic E-state index is 10.8. The quantitative estimate of drug-likeness (QED) is 0.313. The van der Waals surface area contributed by atoms with Gasteiger partial charge in [0.1, 0.15) is 6.04 Å². The van der Waals surface area contributed by atoms with Crippen molar-refractivity contribution >= 4 is 17.8 Å². The number of hydrogen-bond donors (Lipinski definition) is 5. The van der Waals surface area contributed by atoms with Gasteiger partial charge in [0.05, 0.1) is 13.1 Å². The largest absolute Gasteiger partial charge is 0.480 e. The lowest BCUT2D eigenvalue weighted by Crippen LogP contribution is -2.50. The highest BCUT2D eigenvalue weighted by atomic mass is 16.4. The van der Waals surface area contributed by atoms with Crippen LogP contribution >= 0.6 is 0 Å². The van der Waals surface area contributed by atoms with Crippen molar-refractivity contribution in [2.45, 2.75) is 6.04 Å². The average molecular weight is 218 g/mol. The molecule has 15 heavy (non-hydrogen) atoms. The predicted molar refractivity (Wildman–Crippen MR) is 50.7 cm³/mol. The third kappa shape index (κ3) is 5.60. The molecule has 0 saturated carbocycles. The number of nitrogens with two attached hydrogens (primary N) is 2. The zero-order chi connectivity index (χ0) is 11.8. The molecule has 0 aliphatic carbocycles. The monoisotopic (exact) mass is 218 g/mol. The minimum Gasteiger partial charge on any atom is -0.480 e. The van der Waals surface area contributed by atoms with Crippen LogP contribution in [-0.2, 0) is 14.4 Å². The lowest BCUT2D eigenvalue weighted by Gasteiger charge is -2.14. The van der Waals surface area contributed by atoms with Gasteiger partial charge in [-0.2, -0.15) is 0 Å². The second-order valence-electron chi connectivity index (χ2n) is 2.67. The van der Waals surface area contributed by atoms with E-state index in [0.29, 0.717) is 0 Å². The van der Waals surface area contributed by atoms with Crippen LogP contribution in [0.2, 0.25) is 0 Å². The van der Waals surface area contributed by atoms with Gasteiger partial charge >= 0.3 is 5.97 Å². The van der Waals surface area contributed by atoms with Crippen LogP contribution in [0.3, 0.4) is 0 Å². The SMILES string of the molecule is NCC(=O)NCC(NC(=O)CN)C(=O)O. The zero-order valence-electron chi connectivity index (χ0n) is 8.03. The summed E-state index contributed by atoms with van der Waals surface area (Å²) in [7, 11) is 0. The molecule has 0 aliphatic rings. The summed E-state index contributed by atoms with van der Waals surface area (Å²) in [5.41, 5.74) is 9.99. The Hall–Kier alpha value is -1.67. The Morgan fingerprint density at radius 3 is 2.07 bits per heavy atom. The van der Waals surface area contributed by atoms with E-state index in [1.807, 2.05) is 0 Å². The number of carbonyl (C=O) groups excluding carboxylic acids is 2. The van der Waals surface area contributed by atoms with E-state index in [1.165, 1.54) is 0 Å². The van der Waals surface area contributed by atoms with E-state index in [-0.39, 0.29) is 19.6 Å². The van der Waals surface area contributed by atoms with Crippen LogP contribution in [0, 0.1) is 0 Å². The van der Waals surface area contributed by atoms with Gasteiger partial charge in [0.2, 0.25) is 11.8 Å². The molecule has 2 amide bonds. The number of aliphatic carboxylic acids is 1. The Bertz CT molecular complexity index is 255. The molecule has 0 saturated heterocycles. The van der Waals surface area contributed by atoms with Crippen LogP contribution in [0.4, 0.5) is 0 Å². The number of carboxylic acid groups (broad SMARTS) is 1. The van der Waals surface area contributed by atoms with E-state index in [2.05, 4.69) is 10.6 Å². The third-order valence-corrected chi connectivity index (χ3v) is 1.51. The Labute approximate surface area is 86.0 Å². The van der Waals surface area contributed by atoms with Crippen LogP contribution in [0.25, 0.3) is 0 Å². The molecule has 86 valence electrons. The molecule has 0 aromatic heterocycles. The molecule has 1 atom stereocenters. The zero-order valence-corrected chi connectivity index (χ0v) is 8.03. The standard InChI is InChI=1S/C7H14N4O4/c8-1-5(12)10-3-4(7(14)15)11-6(13)2-9/h4H,1-3,8-9H2,(H,10,12)(H,11,13)(H,14,15). The Morgan fingerprint density at radius 2 is 1.67 bits per heavy atom. The number of hydrogen-bond acceptors (Lipinski definition) is 5. The van der Waals surface area contributed by atoms with Crippen LogP contribution in [0.1, 0.15) is 0 Å². The van der Waals surface area contributed by atoms with Crippen molar-refractivity contribution in [2.75, 3.05) is 19.6 Å². The van der Waals surface area contributed by atoms with Crippen molar-refractivity contribution in [3.63, 3.8) is 0 Å². The van der Waals surface area contributed by atoms with Crippen molar-refractivity contribution in [1.29, 1.82) is 0 Å². The fourth-order valence-corrected chi connectivity index (χ4v) is 0.741. The predicted octanol–water partition coefficient (Wildman–Crippen LogP) is -3.41. The topological polar surface area (TPSA) is 148 Å². The highest BCUT2D eigenvalue weighted by Gasteiger charge is 2.19. The summed E-state index contributed by atoms with van der Waals surface area (Å²) in [6.07, 6.45) is 0. The summed E-state index contributed by atoms with van der Waals surface area (Å²) < 4.78 is 0. The number of carboxylic acids is 1. The minimum absolute atomic E-state index is 0.225. The van der Waals surface area contributed by atoms with Crippen molar-refractivity contribution in [2.24, 2.45) is 11.5 Å². The molecule has 0 heterocycles. The molecule has 0 fully saturated rings. The smallest absolute Gasteiger partial charge is 0.328 e. The molecule has 0 rings (SSSR count). The number of amides is 2. The van der Waals surface area contributed by atoms with E-state index in [1.54, 1.807) is 0 Å². The first kappa shape index (κ1) is 13.3. The second-order valence-corrected chi connectivity index (χ2v) is 2.67. The summed E-state index contributed by atoms with van der Waals surface area (Å²) in [6, 6.07) is -1.20. The second kappa shape index (κ2) is 6.74. The summed E-state index contributed by atoms with van der Waals surface area (Å²) >= 11 is 0. The Morgan fingerprint density at radius 1 is 1.13 bits per heavy atom. The van der Waals surface area contributed by atoms with Gasteiger partial charge in [0.15, 0.2) is 0 Å². The van der Waals surface area contributed by atoms with Gasteiger partial charge in [0, 0.05) is 6.54 Å². The van der Waals surface area contributed by atoms with Gasteiger partial charge in [-0.15, -0.1) is 0 Å². The molecule has 8 nitrogen and oxygen atoms in total. The molecule has 1 unspecified atom stereocenters. The van der Waals surface area contributed by atoms with Gasteiger partial charge in [-0.3, -0.25) is 9.59 Å². The van der Waals surface area contributed by atoms with Gasteiger partial charge in [-0.05, 0) is 0 Å². The van der Waals surface area contributed by atoms with Crippen LogP contribution in [0.15, 0.2) is 0 Å². The molecule has 7 N–H and O–H groups in total. The van der Waals surface area contributed by atoms with Crippen molar-refractivity contribution in [3.8, 4) is 0 Å². The normalized spacial score (nSPS) is 11.6. The number of carbonyl (C=O) groups is 3. The van der Waals surface area contributed by atoms with Gasteiger partial charge < -0.3 is 27.2 Å². The molecule has 0 bridgehead atoms. The first-order valence-electron chi connectivity index (χ1n) is 4.20. The lowest BCUT2D eigenvalue weighted by atomic mass is 10.3. The van der Waals surface area contributed by atoms with Crippen LogP contribution in [-0.4, -0.2) is 48.6 Å². The van der Waals surface area contributed by atoms with Crippen molar-refractivity contribution < 1.29 is 19.5 Å². The molecule has 8 heteroatoms. The molecular formula is C7H14N4O4. The van der Waals surface area contributed by atoms with E-state index in [9.17, 15) is 14.4 Å². The van der Waals surface area contributed by atoms with E-state index in [4.69, 9.17) is 16.6 Å². The van der Waals surface area contributed by atoms with E-state index >= 15 is 0 Å². The lowest BCUT2D eigenvalue weighted by molar-refractivity contribution is -0.141. The van der Waals surface area contributed by atoms with Crippen molar-refractivity contribution in [1.82, 2.24) is 10.6 Å². The number of rotatable bonds is 6. The molecule has 0 aromatic carbocycles. The minimum atomic E-state index is -1.26. The van der Waals surface area contributed by atoms with Crippen LogP contribution < -0.4 is 22.1 Å². The first-order valence-corrected chi connectivity index (χ1v) is 4.20. The molecule has 0 spiro atoms. The highest BCUT2D eigenvalue weighted by Crippen LogP contribution is 1.82. The average Bonchev–Trinajstić information content (AvgIpc) is 2.22. The van der Waals surface area contributed by atoms with Gasteiger partial charge in [-0.25, -0.2) is 4.79 Å². The van der Waals surface area contributed by atoms with E-state index < -0.39 is 23.8 Å². The molecule has 0 aromatic rings. The fraction of sp³-hybridized carbons (Fsp3) is 0.571. The fourth-order valence-electron chi connectivity index (χ4n) is 0.741. The van der Waals surface area contributed by atoms with Crippen LogP contribution in [0.5, 0.6) is 0 Å². The maximum absolute atomic E-state index is 10.8. The summed E-state index contributed by atoms with van der Waals surface area (Å²) in [4.78, 5) is 32.1. The Kier molecular flexibility index (Phi) is 5.99. The molecule has 0 radical (unpaired) electrons. The maximum Gasteiger partial charge on any atom is 0.328 e. The molecular weight excluding hydrogens is 204 g/mol. The number of nitrogens with one attached hydrogen (secondary N) is 2. The summed E-state index contributed by atoms with van der Waals surface area (Å²) in [5.74, 6) is -2.36. The highest BCUT2D eigenvalue weighted by molar-refractivity contribution is 5.85. The third-order valence-electron chi connectivity index (χ3n) is 1.51.